The molecule has 0 aliphatic carbocycles. The predicted octanol–water partition coefficient (Wildman–Crippen LogP) is 2.47. The zero-order chi connectivity index (χ0) is 15.7. The first-order chi connectivity index (χ1) is 10.5. The summed E-state index contributed by atoms with van der Waals surface area (Å²) in [6, 6.07) is 4.56. The number of carbonyl (C=O) groups excluding carboxylic acids is 1. The molecule has 5 heteroatoms. The number of fused-ring (bicyclic) bond motifs is 1. The van der Waals surface area contributed by atoms with Crippen molar-refractivity contribution in [2.45, 2.75) is 32.3 Å². The van der Waals surface area contributed by atoms with E-state index in [1.165, 1.54) is 12.1 Å². The van der Waals surface area contributed by atoms with Gasteiger partial charge in [0.25, 0.3) is 0 Å². The van der Waals surface area contributed by atoms with Crippen LogP contribution in [0.25, 0.3) is 10.9 Å². The highest BCUT2D eigenvalue weighted by Crippen LogP contribution is 2.23. The quantitative estimate of drug-likeness (QED) is 0.915. The van der Waals surface area contributed by atoms with E-state index in [4.69, 9.17) is 0 Å². The number of benzene rings is 1. The lowest BCUT2D eigenvalue weighted by molar-refractivity contribution is -0.132. The van der Waals surface area contributed by atoms with Gasteiger partial charge in [0.15, 0.2) is 0 Å². The van der Waals surface area contributed by atoms with Crippen molar-refractivity contribution in [3.63, 3.8) is 0 Å². The number of aromatic amines is 1. The molecule has 4 nitrogen and oxygen atoms in total. The lowest BCUT2D eigenvalue weighted by atomic mass is 9.92. The molecular formula is C17H21FN2O2. The summed E-state index contributed by atoms with van der Waals surface area (Å²) in [5.74, 6) is 0.0546. The third-order valence-corrected chi connectivity index (χ3v) is 4.65. The molecule has 1 unspecified atom stereocenters. The Bertz CT molecular complexity index is 672. The highest BCUT2D eigenvalue weighted by Gasteiger charge is 2.25. The molecule has 118 valence electrons. The molecule has 0 spiro atoms. The SMILES string of the molecule is CC(O)C1CCN(C(=O)Cc2c[nH]c3ccc(F)cc23)CC1. The van der Waals surface area contributed by atoms with Crippen LogP contribution in [-0.2, 0) is 11.2 Å². The van der Waals surface area contributed by atoms with Crippen LogP contribution in [0.4, 0.5) is 4.39 Å². The van der Waals surface area contributed by atoms with Crippen molar-refractivity contribution in [1.29, 1.82) is 0 Å². The van der Waals surface area contributed by atoms with E-state index in [1.807, 2.05) is 11.8 Å². The number of carbonyl (C=O) groups is 1. The van der Waals surface area contributed by atoms with Crippen LogP contribution in [-0.4, -0.2) is 40.1 Å². The molecule has 0 radical (unpaired) electrons. The summed E-state index contributed by atoms with van der Waals surface area (Å²) in [5, 5.41) is 10.4. The number of H-pyrrole nitrogens is 1. The van der Waals surface area contributed by atoms with E-state index < -0.39 is 0 Å². The molecule has 1 fully saturated rings. The van der Waals surface area contributed by atoms with E-state index in [9.17, 15) is 14.3 Å². The van der Waals surface area contributed by atoms with Crippen LogP contribution >= 0.6 is 0 Å². The van der Waals surface area contributed by atoms with Crippen LogP contribution in [0, 0.1) is 11.7 Å². The summed E-state index contributed by atoms with van der Waals surface area (Å²) < 4.78 is 13.4. The number of hydrogen-bond donors (Lipinski definition) is 2. The molecule has 1 aromatic heterocycles. The zero-order valence-corrected chi connectivity index (χ0v) is 12.7. The number of rotatable bonds is 3. The van der Waals surface area contributed by atoms with Crippen molar-refractivity contribution in [2.24, 2.45) is 5.92 Å². The molecule has 2 N–H and O–H groups in total. The maximum absolute atomic E-state index is 13.4. The van der Waals surface area contributed by atoms with Crippen molar-refractivity contribution >= 4 is 16.8 Å². The minimum Gasteiger partial charge on any atom is -0.393 e. The van der Waals surface area contributed by atoms with Gasteiger partial charge in [-0.3, -0.25) is 4.79 Å². The first-order valence-corrected chi connectivity index (χ1v) is 7.76. The third-order valence-electron chi connectivity index (χ3n) is 4.65. The Morgan fingerprint density at radius 1 is 1.45 bits per heavy atom. The molecule has 1 aromatic carbocycles. The predicted molar refractivity (Wildman–Crippen MR) is 82.9 cm³/mol. The monoisotopic (exact) mass is 304 g/mol. The average molecular weight is 304 g/mol. The lowest BCUT2D eigenvalue weighted by Crippen LogP contribution is -2.41. The van der Waals surface area contributed by atoms with Gasteiger partial charge in [-0.15, -0.1) is 0 Å². The Labute approximate surface area is 128 Å². The second-order valence-electron chi connectivity index (χ2n) is 6.14. The van der Waals surface area contributed by atoms with E-state index in [1.54, 1.807) is 12.3 Å². The number of likely N-dealkylation sites (tertiary alicyclic amines) is 1. The highest BCUT2D eigenvalue weighted by molar-refractivity contribution is 5.89. The summed E-state index contributed by atoms with van der Waals surface area (Å²) in [4.78, 5) is 17.3. The van der Waals surface area contributed by atoms with E-state index >= 15 is 0 Å². The molecule has 1 atom stereocenters. The number of nitrogens with zero attached hydrogens (tertiary/aromatic N) is 1. The van der Waals surface area contributed by atoms with Gasteiger partial charge < -0.3 is 15.0 Å². The minimum absolute atomic E-state index is 0.0641. The minimum atomic E-state index is -0.311. The molecule has 0 saturated carbocycles. The van der Waals surface area contributed by atoms with Crippen LogP contribution in [0.1, 0.15) is 25.3 Å². The standard InChI is InChI=1S/C17H21FN2O2/c1-11(21)12-4-6-20(7-5-12)17(22)8-13-10-19-16-3-2-14(18)9-15(13)16/h2-3,9-12,19,21H,4-8H2,1H3. The Balaban J connectivity index is 1.68. The Hall–Kier alpha value is -1.88. The number of halogens is 1. The molecule has 0 bridgehead atoms. The molecule has 2 aromatic rings. The molecule has 1 aliphatic heterocycles. The zero-order valence-electron chi connectivity index (χ0n) is 12.7. The van der Waals surface area contributed by atoms with Gasteiger partial charge >= 0.3 is 0 Å². The van der Waals surface area contributed by atoms with Crippen LogP contribution in [0.5, 0.6) is 0 Å². The molecule has 3 rings (SSSR count). The lowest BCUT2D eigenvalue weighted by Gasteiger charge is -2.33. The van der Waals surface area contributed by atoms with E-state index in [0.29, 0.717) is 13.1 Å². The van der Waals surface area contributed by atoms with Gasteiger partial charge in [-0.1, -0.05) is 0 Å². The summed E-state index contributed by atoms with van der Waals surface area (Å²) >= 11 is 0. The van der Waals surface area contributed by atoms with Crippen molar-refractivity contribution in [3.8, 4) is 0 Å². The molecule has 2 heterocycles. The summed E-state index contributed by atoms with van der Waals surface area (Å²) in [5.41, 5.74) is 1.68. The number of nitrogens with one attached hydrogen (secondary N) is 1. The van der Waals surface area contributed by atoms with E-state index in [2.05, 4.69) is 4.98 Å². The van der Waals surface area contributed by atoms with Crippen molar-refractivity contribution in [3.05, 3.63) is 35.8 Å². The van der Waals surface area contributed by atoms with Crippen molar-refractivity contribution in [1.82, 2.24) is 9.88 Å². The summed E-state index contributed by atoms with van der Waals surface area (Å²) in [6.07, 6.45) is 3.43. The van der Waals surface area contributed by atoms with E-state index in [0.717, 1.165) is 29.3 Å². The molecule has 1 amide bonds. The number of amides is 1. The number of piperidine rings is 1. The first kappa shape index (κ1) is 15.0. The van der Waals surface area contributed by atoms with Gasteiger partial charge in [0.1, 0.15) is 5.82 Å². The fraction of sp³-hybridized carbons (Fsp3) is 0.471. The van der Waals surface area contributed by atoms with Gasteiger partial charge in [-0.25, -0.2) is 4.39 Å². The Kier molecular flexibility index (Phi) is 4.16. The maximum atomic E-state index is 13.4. The fourth-order valence-electron chi connectivity index (χ4n) is 3.20. The Morgan fingerprint density at radius 3 is 2.86 bits per heavy atom. The van der Waals surface area contributed by atoms with Crippen LogP contribution < -0.4 is 0 Å². The fourth-order valence-corrected chi connectivity index (χ4v) is 3.20. The van der Waals surface area contributed by atoms with Gasteiger partial charge in [0.05, 0.1) is 12.5 Å². The molecular weight excluding hydrogens is 283 g/mol. The number of aliphatic hydroxyl groups is 1. The summed E-state index contributed by atoms with van der Waals surface area (Å²) in [7, 11) is 0. The second kappa shape index (κ2) is 6.08. The first-order valence-electron chi connectivity index (χ1n) is 7.76. The average Bonchev–Trinajstić information content (AvgIpc) is 2.89. The summed E-state index contributed by atoms with van der Waals surface area (Å²) in [6.45, 7) is 3.18. The maximum Gasteiger partial charge on any atom is 0.227 e. The molecule has 1 saturated heterocycles. The normalized spacial score (nSPS) is 17.9. The number of aromatic nitrogens is 1. The highest BCUT2D eigenvalue weighted by atomic mass is 19.1. The van der Waals surface area contributed by atoms with Crippen LogP contribution in [0.15, 0.2) is 24.4 Å². The third kappa shape index (κ3) is 2.99. The largest absolute Gasteiger partial charge is 0.393 e. The topological polar surface area (TPSA) is 56.3 Å². The van der Waals surface area contributed by atoms with E-state index in [-0.39, 0.29) is 30.2 Å². The van der Waals surface area contributed by atoms with Crippen LogP contribution in [0.3, 0.4) is 0 Å². The number of hydrogen-bond acceptors (Lipinski definition) is 2. The smallest absolute Gasteiger partial charge is 0.227 e. The second-order valence-corrected chi connectivity index (χ2v) is 6.14. The Morgan fingerprint density at radius 2 is 2.18 bits per heavy atom. The molecule has 22 heavy (non-hydrogen) atoms. The van der Waals surface area contributed by atoms with Gasteiger partial charge in [-0.05, 0) is 49.4 Å². The van der Waals surface area contributed by atoms with Crippen LogP contribution in [0.2, 0.25) is 0 Å². The van der Waals surface area contributed by atoms with Crippen molar-refractivity contribution in [2.75, 3.05) is 13.1 Å². The van der Waals surface area contributed by atoms with Gasteiger partial charge in [0, 0.05) is 30.2 Å². The molecule has 1 aliphatic rings. The van der Waals surface area contributed by atoms with Gasteiger partial charge in [-0.2, -0.15) is 0 Å². The number of aliphatic hydroxyl groups excluding tert-OH is 1. The van der Waals surface area contributed by atoms with Crippen molar-refractivity contribution < 1.29 is 14.3 Å². The van der Waals surface area contributed by atoms with Gasteiger partial charge in [0.2, 0.25) is 5.91 Å².